The number of hydrazone groups is 1. The van der Waals surface area contributed by atoms with Crippen molar-refractivity contribution in [1.82, 2.24) is 0 Å². The molecule has 0 saturated heterocycles. The number of phenolic OH excluding ortho intramolecular Hbond substituents is 1. The zero-order valence-corrected chi connectivity index (χ0v) is 9.18. The summed E-state index contributed by atoms with van der Waals surface area (Å²) in [5.74, 6) is -0.466. The van der Waals surface area contributed by atoms with E-state index in [1.54, 1.807) is 12.1 Å². The Balaban J connectivity index is 2.99. The normalized spacial score (nSPS) is 10.5. The largest absolute Gasteiger partial charge is 0.722 e. The van der Waals surface area contributed by atoms with Crippen molar-refractivity contribution in [2.45, 2.75) is 0 Å². The molecule has 0 aliphatic carbocycles. The molecule has 0 unspecified atom stereocenters. The molecule has 5 N–H and O–H groups in total. The summed E-state index contributed by atoms with van der Waals surface area (Å²) >= 11 is 3.21. The van der Waals surface area contributed by atoms with E-state index in [4.69, 9.17) is 11.5 Å². The molecule has 0 radical (unpaired) electrons. The Kier molecular flexibility index (Phi) is 3.51. The number of phenols is 1. The maximum absolute atomic E-state index is 10.9. The zero-order valence-electron chi connectivity index (χ0n) is 7.59. The van der Waals surface area contributed by atoms with Crippen LogP contribution in [0, 0.1) is 5.21 Å². The molecule has 15 heavy (non-hydrogen) atoms. The first-order valence-electron chi connectivity index (χ1n) is 3.88. The van der Waals surface area contributed by atoms with Gasteiger partial charge in [0.25, 0.3) is 0 Å². The minimum absolute atomic E-state index is 0.00550. The Morgan fingerprint density at radius 2 is 2.20 bits per heavy atom. The maximum atomic E-state index is 10.9. The lowest BCUT2D eigenvalue weighted by Crippen LogP contribution is -2.30. The highest BCUT2D eigenvalue weighted by atomic mass is 79.9. The van der Waals surface area contributed by atoms with Crippen molar-refractivity contribution < 1.29 is 9.95 Å². The van der Waals surface area contributed by atoms with E-state index in [9.17, 15) is 10.3 Å². The van der Waals surface area contributed by atoms with E-state index in [0.29, 0.717) is 5.56 Å². The lowest BCUT2D eigenvalue weighted by molar-refractivity contribution is -0.463. The van der Waals surface area contributed by atoms with Gasteiger partial charge in [0.1, 0.15) is 5.75 Å². The summed E-state index contributed by atoms with van der Waals surface area (Å²) in [6.07, 6.45) is 1.16. The van der Waals surface area contributed by atoms with Gasteiger partial charge < -0.3 is 10.3 Å². The molecule has 0 aliphatic heterocycles. The highest BCUT2D eigenvalue weighted by Gasteiger charge is 1.99. The van der Waals surface area contributed by atoms with Gasteiger partial charge >= 0.3 is 5.96 Å². The topological polar surface area (TPSA) is 111 Å². The third-order valence-corrected chi connectivity index (χ3v) is 2.01. The Morgan fingerprint density at radius 3 is 2.80 bits per heavy atom. The van der Waals surface area contributed by atoms with E-state index >= 15 is 0 Å². The predicted octanol–water partition coefficient (Wildman–Crippen LogP) is 0.272. The number of benzene rings is 1. The van der Waals surface area contributed by atoms with Gasteiger partial charge in [0, 0.05) is 10.0 Å². The quantitative estimate of drug-likeness (QED) is 0.236. The first-order chi connectivity index (χ1) is 7.00. The van der Waals surface area contributed by atoms with E-state index in [1.165, 1.54) is 6.07 Å². The van der Waals surface area contributed by atoms with Crippen LogP contribution >= 0.6 is 15.9 Å². The molecule has 6 nitrogen and oxygen atoms in total. The Hall–Kier alpha value is -1.76. The molecule has 0 aliphatic rings. The predicted molar refractivity (Wildman–Crippen MR) is 60.4 cm³/mol. The van der Waals surface area contributed by atoms with Crippen molar-refractivity contribution in [3.05, 3.63) is 33.4 Å². The van der Waals surface area contributed by atoms with Gasteiger partial charge in [-0.2, -0.15) is 0 Å². The fraction of sp³-hybridized carbons (Fsp3) is 0. The summed E-state index contributed by atoms with van der Waals surface area (Å²) in [4.78, 5) is 0.0559. The van der Waals surface area contributed by atoms with Crippen molar-refractivity contribution in [1.29, 1.82) is 0 Å². The van der Waals surface area contributed by atoms with Crippen LogP contribution in [0.25, 0.3) is 0 Å². The summed E-state index contributed by atoms with van der Waals surface area (Å²) in [7, 11) is 0. The van der Waals surface area contributed by atoms with E-state index in [1.807, 2.05) is 0 Å². The summed E-state index contributed by atoms with van der Waals surface area (Å²) < 4.78 is 0.754. The third-order valence-electron chi connectivity index (χ3n) is 1.51. The van der Waals surface area contributed by atoms with E-state index in [2.05, 4.69) is 21.0 Å². The van der Waals surface area contributed by atoms with Crippen molar-refractivity contribution in [3.63, 3.8) is 0 Å². The maximum Gasteiger partial charge on any atom is 0.366 e. The second-order valence-corrected chi connectivity index (χ2v) is 3.56. The van der Waals surface area contributed by atoms with Crippen LogP contribution in [0.4, 0.5) is 0 Å². The first-order valence-corrected chi connectivity index (χ1v) is 4.67. The number of hydrogen-bond donors (Lipinski definition) is 3. The Morgan fingerprint density at radius 1 is 1.53 bits per heavy atom. The van der Waals surface area contributed by atoms with Crippen LogP contribution in [-0.4, -0.2) is 22.1 Å². The molecule has 0 atom stereocenters. The molecule has 80 valence electrons. The third kappa shape index (κ3) is 3.13. The van der Waals surface area contributed by atoms with Crippen molar-refractivity contribution in [3.8, 4) is 5.75 Å². The van der Waals surface area contributed by atoms with Crippen molar-refractivity contribution >= 4 is 28.1 Å². The summed E-state index contributed by atoms with van der Waals surface area (Å²) in [6, 6.07) is 4.72. The second-order valence-electron chi connectivity index (χ2n) is 2.65. The molecule has 0 bridgehead atoms. The van der Waals surface area contributed by atoms with Gasteiger partial charge in [-0.3, -0.25) is 11.5 Å². The lowest BCUT2D eigenvalue weighted by Gasteiger charge is -2.03. The second kappa shape index (κ2) is 4.65. The first kappa shape index (κ1) is 11.3. The van der Waals surface area contributed by atoms with Gasteiger partial charge in [0.2, 0.25) is 0 Å². The van der Waals surface area contributed by atoms with Gasteiger partial charge in [-0.1, -0.05) is 15.9 Å². The standard InChI is InChI=1S/C8H9BrN4O2/c9-6-1-2-7(14)5(3-6)4-12-13(15)8(10)11/h1-4,14H,10-11H2. The molecule has 0 amide bonds. The molecule has 1 rings (SSSR count). The van der Waals surface area contributed by atoms with Crippen LogP contribution in [0.15, 0.2) is 27.8 Å². The number of nitrogens with two attached hydrogens (primary N) is 2. The minimum Gasteiger partial charge on any atom is -0.722 e. The molecular weight excluding hydrogens is 264 g/mol. The number of nitrogens with zero attached hydrogens (tertiary/aromatic N) is 2. The smallest absolute Gasteiger partial charge is 0.366 e. The summed E-state index contributed by atoms with van der Waals surface area (Å²) in [5.41, 5.74) is 10.4. The number of rotatable bonds is 2. The van der Waals surface area contributed by atoms with E-state index in [0.717, 1.165) is 10.7 Å². The van der Waals surface area contributed by atoms with Crippen LogP contribution in [0.1, 0.15) is 5.56 Å². The molecule has 0 heterocycles. The molecule has 0 fully saturated rings. The van der Waals surface area contributed by atoms with Crippen LogP contribution in [0.2, 0.25) is 0 Å². The highest BCUT2D eigenvalue weighted by molar-refractivity contribution is 9.10. The number of aromatic hydroxyl groups is 1. The molecule has 0 saturated carbocycles. The average molecular weight is 273 g/mol. The molecule has 0 spiro atoms. The number of hydrogen-bond acceptors (Lipinski definition) is 3. The van der Waals surface area contributed by atoms with Gasteiger partial charge in [-0.15, -0.1) is 9.95 Å². The molecule has 7 heteroatoms. The molecule has 1 aromatic carbocycles. The number of guanidine groups is 1. The van der Waals surface area contributed by atoms with Crippen molar-refractivity contribution in [2.24, 2.45) is 16.6 Å². The molecular formula is C8H9BrN4O2. The van der Waals surface area contributed by atoms with Gasteiger partial charge in [0.15, 0.2) is 0 Å². The fourth-order valence-corrected chi connectivity index (χ4v) is 1.19. The fourth-order valence-electron chi connectivity index (χ4n) is 0.810. The minimum atomic E-state index is -0.472. The van der Waals surface area contributed by atoms with Crippen molar-refractivity contribution in [2.75, 3.05) is 0 Å². The van der Waals surface area contributed by atoms with Gasteiger partial charge in [-0.25, -0.2) is 0 Å². The SMILES string of the molecule is NC(N)=[N+]([O-])N=Cc1cc(Br)ccc1O. The van der Waals surface area contributed by atoms with Crippen LogP contribution in [0.3, 0.4) is 0 Å². The summed E-state index contributed by atoms with van der Waals surface area (Å²) in [5, 5.41) is 23.6. The monoisotopic (exact) mass is 272 g/mol. The average Bonchev–Trinajstić information content (AvgIpc) is 2.18. The van der Waals surface area contributed by atoms with E-state index in [-0.39, 0.29) is 10.6 Å². The van der Waals surface area contributed by atoms with Crippen LogP contribution in [-0.2, 0) is 0 Å². The Labute approximate surface area is 94.2 Å². The van der Waals surface area contributed by atoms with Gasteiger partial charge in [-0.05, 0) is 18.2 Å². The summed E-state index contributed by atoms with van der Waals surface area (Å²) in [6.45, 7) is 0. The van der Waals surface area contributed by atoms with Crippen LogP contribution < -0.4 is 11.5 Å². The highest BCUT2D eigenvalue weighted by Crippen LogP contribution is 2.19. The lowest BCUT2D eigenvalue weighted by atomic mass is 10.2. The number of halogens is 1. The molecule has 1 aromatic rings. The molecule has 0 aromatic heterocycles. The van der Waals surface area contributed by atoms with Gasteiger partial charge in [0.05, 0.1) is 6.21 Å². The zero-order chi connectivity index (χ0) is 11.4. The Bertz CT molecular complexity index is 427. The van der Waals surface area contributed by atoms with E-state index < -0.39 is 5.96 Å². The van der Waals surface area contributed by atoms with Crippen LogP contribution in [0.5, 0.6) is 5.75 Å².